The van der Waals surface area contributed by atoms with Crippen LogP contribution in [0.15, 0.2) is 58.8 Å². The first-order valence-electron chi connectivity index (χ1n) is 19.9. The average Bonchev–Trinajstić information content (AvgIpc) is 3.16. The van der Waals surface area contributed by atoms with Crippen molar-refractivity contribution in [3.63, 3.8) is 0 Å². The van der Waals surface area contributed by atoms with Crippen LogP contribution >= 0.6 is 0 Å². The lowest BCUT2D eigenvalue weighted by molar-refractivity contribution is 0.0684. The number of fused-ring (bicyclic) bond motifs is 1. The molecule has 0 aliphatic carbocycles. The van der Waals surface area contributed by atoms with Crippen LogP contribution in [-0.2, 0) is 0 Å². The number of methoxy groups -OCH3 is 1. The number of hydrogen-bond donors (Lipinski definition) is 1. The van der Waals surface area contributed by atoms with Crippen LogP contribution in [0, 0.1) is 17.8 Å². The summed E-state index contributed by atoms with van der Waals surface area (Å²) in [5.74, 6) is 1.59. The van der Waals surface area contributed by atoms with Gasteiger partial charge in [0.15, 0.2) is 11.5 Å². The van der Waals surface area contributed by atoms with Crippen LogP contribution in [0.5, 0.6) is 11.5 Å². The first-order valence-corrected chi connectivity index (χ1v) is 19.9. The van der Waals surface area contributed by atoms with E-state index in [4.69, 9.17) is 4.74 Å². The Bertz CT molecular complexity index is 1530. The number of hydrogen-bond acceptors (Lipinski definition) is 6. The van der Waals surface area contributed by atoms with E-state index in [1.165, 1.54) is 0 Å². The summed E-state index contributed by atoms with van der Waals surface area (Å²) in [6.45, 7) is 14.7. The topological polar surface area (TPSA) is 91.6 Å². The highest BCUT2D eigenvalue weighted by atomic mass is 16.5. The Morgan fingerprint density at radius 3 is 1.90 bits per heavy atom. The van der Waals surface area contributed by atoms with Crippen molar-refractivity contribution in [1.82, 2.24) is 4.90 Å². The van der Waals surface area contributed by atoms with Gasteiger partial charge in [0.25, 0.3) is 5.91 Å². The second-order valence-corrected chi connectivity index (χ2v) is 14.4. The standard InChI is InChI=1S/C44H65N3O4/c1-8-14-19-32(11-4)24-26-40(48)38-28-35-22-17-18-23-37(35)42(43(38)49)46-45-39-29-36(25-27-41(39)51-7)44(50)47(30-33(12-5)20-15-9-2)31-34(13-6)21-16-10-3/h17-18,22-23,25,27-29,32-34,49H,8-16,19-21,24,26,30-31H2,1-7H3. The predicted octanol–water partition coefficient (Wildman–Crippen LogP) is 13.0. The molecule has 7 nitrogen and oxygen atoms in total. The van der Waals surface area contributed by atoms with Gasteiger partial charge in [-0.3, -0.25) is 9.59 Å². The number of rotatable bonds is 24. The van der Waals surface area contributed by atoms with Crippen molar-refractivity contribution in [2.75, 3.05) is 20.2 Å². The Labute approximate surface area is 308 Å². The van der Waals surface area contributed by atoms with Crippen LogP contribution in [0.25, 0.3) is 10.8 Å². The minimum absolute atomic E-state index is 0.00999. The van der Waals surface area contributed by atoms with Gasteiger partial charge in [0.05, 0.1) is 12.7 Å². The zero-order chi connectivity index (χ0) is 37.2. The number of phenols is 1. The minimum Gasteiger partial charge on any atom is -0.505 e. The van der Waals surface area contributed by atoms with Gasteiger partial charge >= 0.3 is 0 Å². The highest BCUT2D eigenvalue weighted by molar-refractivity contribution is 6.07. The van der Waals surface area contributed by atoms with Gasteiger partial charge in [0.2, 0.25) is 0 Å². The third kappa shape index (κ3) is 12.2. The molecule has 0 aromatic heterocycles. The number of carbonyl (C=O) groups is 2. The van der Waals surface area contributed by atoms with E-state index in [9.17, 15) is 14.7 Å². The Balaban J connectivity index is 2.00. The van der Waals surface area contributed by atoms with Crippen LogP contribution in [0.1, 0.15) is 152 Å². The summed E-state index contributed by atoms with van der Waals surface area (Å²) in [5, 5.41) is 22.1. The normalized spacial score (nSPS) is 13.4. The molecular formula is C44H65N3O4. The first kappa shape index (κ1) is 41.7. The van der Waals surface area contributed by atoms with E-state index in [2.05, 4.69) is 56.7 Å². The molecule has 0 aliphatic heterocycles. The van der Waals surface area contributed by atoms with E-state index in [-0.39, 0.29) is 28.7 Å². The summed E-state index contributed by atoms with van der Waals surface area (Å²) < 4.78 is 5.66. The maximum absolute atomic E-state index is 14.3. The molecular weight excluding hydrogens is 635 g/mol. The van der Waals surface area contributed by atoms with Crippen molar-refractivity contribution in [2.45, 2.75) is 131 Å². The van der Waals surface area contributed by atoms with Gasteiger partial charge in [0.1, 0.15) is 17.1 Å². The lowest BCUT2D eigenvalue weighted by Crippen LogP contribution is -2.39. The molecule has 0 aliphatic rings. The van der Waals surface area contributed by atoms with E-state index < -0.39 is 0 Å². The molecule has 3 rings (SSSR count). The molecule has 0 saturated carbocycles. The van der Waals surface area contributed by atoms with Crippen LogP contribution in [0.4, 0.5) is 11.4 Å². The average molecular weight is 700 g/mol. The fourth-order valence-corrected chi connectivity index (χ4v) is 7.03. The quantitative estimate of drug-likeness (QED) is 0.0744. The molecule has 3 atom stereocenters. The van der Waals surface area contributed by atoms with Crippen molar-refractivity contribution in [1.29, 1.82) is 0 Å². The van der Waals surface area contributed by atoms with Crippen LogP contribution in [0.3, 0.4) is 0 Å². The summed E-state index contributed by atoms with van der Waals surface area (Å²) in [7, 11) is 1.57. The number of nitrogens with zero attached hydrogens (tertiary/aromatic N) is 3. The zero-order valence-corrected chi connectivity index (χ0v) is 32.7. The van der Waals surface area contributed by atoms with Crippen molar-refractivity contribution in [3.8, 4) is 11.5 Å². The maximum Gasteiger partial charge on any atom is 0.253 e. The number of ether oxygens (including phenoxy) is 1. The second kappa shape index (κ2) is 22.3. The monoisotopic (exact) mass is 699 g/mol. The van der Waals surface area contributed by atoms with Crippen molar-refractivity contribution < 1.29 is 19.4 Å². The Hall–Kier alpha value is -3.74. The highest BCUT2D eigenvalue weighted by Crippen LogP contribution is 2.41. The zero-order valence-electron chi connectivity index (χ0n) is 32.7. The molecule has 0 spiro atoms. The number of Topliss-reactive ketones (excluding diaryl/α,β-unsaturated/α-hetero) is 1. The third-order valence-corrected chi connectivity index (χ3v) is 10.6. The van der Waals surface area contributed by atoms with Crippen molar-refractivity contribution in [3.05, 3.63) is 59.7 Å². The molecule has 280 valence electrons. The smallest absolute Gasteiger partial charge is 0.253 e. The predicted molar refractivity (Wildman–Crippen MR) is 212 cm³/mol. The summed E-state index contributed by atoms with van der Waals surface area (Å²) >= 11 is 0. The summed E-state index contributed by atoms with van der Waals surface area (Å²) in [6, 6.07) is 14.7. The van der Waals surface area contributed by atoms with E-state index in [0.29, 0.717) is 46.6 Å². The van der Waals surface area contributed by atoms with E-state index in [1.54, 1.807) is 25.3 Å². The number of amides is 1. The fourth-order valence-electron chi connectivity index (χ4n) is 7.03. The number of unbranched alkanes of at least 4 members (excludes halogenated alkanes) is 3. The molecule has 3 aromatic rings. The highest BCUT2D eigenvalue weighted by Gasteiger charge is 2.24. The summed E-state index contributed by atoms with van der Waals surface area (Å²) in [4.78, 5) is 29.9. The Morgan fingerprint density at radius 2 is 1.33 bits per heavy atom. The fraction of sp³-hybridized carbons (Fsp3) is 0.591. The summed E-state index contributed by atoms with van der Waals surface area (Å²) in [5.41, 5.74) is 1.42. The second-order valence-electron chi connectivity index (χ2n) is 14.4. The molecule has 0 saturated heterocycles. The largest absolute Gasteiger partial charge is 0.505 e. The van der Waals surface area contributed by atoms with Gasteiger partial charge in [-0.15, -0.1) is 10.2 Å². The Morgan fingerprint density at radius 1 is 0.745 bits per heavy atom. The molecule has 1 N–H and O–H groups in total. The van der Waals surface area contributed by atoms with E-state index in [0.717, 1.165) is 102 Å². The van der Waals surface area contributed by atoms with Crippen LogP contribution < -0.4 is 4.74 Å². The lowest BCUT2D eigenvalue weighted by atomic mass is 9.91. The molecule has 51 heavy (non-hydrogen) atoms. The number of benzene rings is 3. The van der Waals surface area contributed by atoms with Crippen molar-refractivity contribution >= 4 is 33.8 Å². The van der Waals surface area contributed by atoms with Crippen LogP contribution in [0.2, 0.25) is 0 Å². The van der Waals surface area contributed by atoms with Crippen LogP contribution in [-0.4, -0.2) is 41.9 Å². The molecule has 0 bridgehead atoms. The number of aromatic hydroxyl groups is 1. The van der Waals surface area contributed by atoms with Gasteiger partial charge in [-0.1, -0.05) is 130 Å². The molecule has 0 heterocycles. The number of ketones is 1. The van der Waals surface area contributed by atoms with E-state index >= 15 is 0 Å². The van der Waals surface area contributed by atoms with Gasteiger partial charge < -0.3 is 14.7 Å². The molecule has 3 unspecified atom stereocenters. The van der Waals surface area contributed by atoms with Gasteiger partial charge in [-0.2, -0.15) is 0 Å². The number of azo groups is 1. The lowest BCUT2D eigenvalue weighted by Gasteiger charge is -2.31. The Kier molecular flexibility index (Phi) is 18.2. The molecule has 3 aromatic carbocycles. The SMILES string of the molecule is CCCCC(CC)CCC(=O)c1cc2ccccc2c(N=Nc2cc(C(=O)N(CC(CC)CCCC)CC(CC)CCCC)ccc2OC)c1O. The molecule has 0 fully saturated rings. The number of carbonyl (C=O) groups excluding carboxylic acids is 2. The maximum atomic E-state index is 14.3. The third-order valence-electron chi connectivity index (χ3n) is 10.6. The molecule has 0 radical (unpaired) electrons. The molecule has 1 amide bonds. The van der Waals surface area contributed by atoms with Gasteiger partial charge in [-0.25, -0.2) is 0 Å². The van der Waals surface area contributed by atoms with Gasteiger partial charge in [0, 0.05) is 30.5 Å². The minimum atomic E-state index is -0.170. The van der Waals surface area contributed by atoms with Gasteiger partial charge in [-0.05, 0) is 66.7 Å². The van der Waals surface area contributed by atoms with E-state index in [1.807, 2.05) is 30.3 Å². The summed E-state index contributed by atoms with van der Waals surface area (Å²) in [6.07, 6.45) is 14.5. The molecule has 7 heteroatoms. The first-order chi connectivity index (χ1) is 24.7. The number of phenolic OH excluding ortho intramolecular Hbond substituents is 1. The van der Waals surface area contributed by atoms with Crippen molar-refractivity contribution in [2.24, 2.45) is 28.0 Å².